The van der Waals surface area contributed by atoms with Gasteiger partial charge in [-0.15, -0.1) is 0 Å². The monoisotopic (exact) mass is 258 g/mol. The van der Waals surface area contributed by atoms with Crippen LogP contribution in [0.15, 0.2) is 28.9 Å². The molecule has 0 aliphatic rings. The van der Waals surface area contributed by atoms with Crippen LogP contribution in [0.25, 0.3) is 11.0 Å². The number of hydrogen-bond acceptors (Lipinski definition) is 1. The van der Waals surface area contributed by atoms with Gasteiger partial charge in [-0.25, -0.2) is 0 Å². The number of hydrogen-bond donors (Lipinski definition) is 0. The Balaban J connectivity index is 0.00000112. The third-order valence-electron chi connectivity index (χ3n) is 1.92. The molecule has 2 aromatic rings. The van der Waals surface area contributed by atoms with Crippen molar-refractivity contribution in [2.45, 2.75) is 0 Å². The Labute approximate surface area is 131 Å². The summed E-state index contributed by atoms with van der Waals surface area (Å²) in [7, 11) is 0. The van der Waals surface area contributed by atoms with E-state index >= 15 is 0 Å². The van der Waals surface area contributed by atoms with Crippen LogP contribution in [-0.4, -0.2) is 6.98 Å². The fourth-order valence-electron chi connectivity index (χ4n) is 1.25. The Morgan fingerprint density at radius 1 is 1.20 bits per heavy atom. The number of benzene rings is 1. The summed E-state index contributed by atoms with van der Waals surface area (Å²) >= 11 is 5.48. The minimum absolute atomic E-state index is 0. The first-order valence-electron chi connectivity index (χ1n) is 3.85. The summed E-state index contributed by atoms with van der Waals surface area (Å²) in [5.74, 6) is 0. The third-order valence-corrected chi connectivity index (χ3v) is 2.25. The Morgan fingerprint density at radius 3 is 2.47 bits per heavy atom. The minimum atomic E-state index is -5.06. The predicted octanol–water partition coefficient (Wildman–Crippen LogP) is 0.145. The van der Waals surface area contributed by atoms with Gasteiger partial charge in [-0.3, -0.25) is 0 Å². The molecule has 0 spiro atoms. The summed E-state index contributed by atoms with van der Waals surface area (Å²) in [5, 5.41) is 0.0866. The van der Waals surface area contributed by atoms with Gasteiger partial charge in [0.2, 0.25) is 0 Å². The predicted molar refractivity (Wildman–Crippen MR) is 49.9 cm³/mol. The summed E-state index contributed by atoms with van der Waals surface area (Å²) in [6, 6.07) is 3.65. The van der Waals surface area contributed by atoms with Crippen LogP contribution in [0.4, 0.5) is 12.9 Å². The average molecular weight is 258 g/mol. The first kappa shape index (κ1) is 13.6. The Kier molecular flexibility index (Phi) is 4.36. The van der Waals surface area contributed by atoms with Crippen LogP contribution in [0.1, 0.15) is 0 Å². The standard InChI is InChI=1S/C8H4BClF3O.K/c10-7-4-8-5(1-2-14-8)3-6(7)9(11,12)13;/h1-4H;/q-1;+1. The zero-order chi connectivity index (χ0) is 10.3. The normalized spacial score (nSPS) is 11.5. The van der Waals surface area contributed by atoms with Crippen LogP contribution in [-0.2, 0) is 0 Å². The van der Waals surface area contributed by atoms with Crippen molar-refractivity contribution in [1.82, 2.24) is 0 Å². The van der Waals surface area contributed by atoms with Gasteiger partial charge < -0.3 is 17.4 Å². The number of rotatable bonds is 1. The molecule has 0 unspecified atom stereocenters. The van der Waals surface area contributed by atoms with Gasteiger partial charge in [0.05, 0.1) is 6.26 Å². The van der Waals surface area contributed by atoms with Crippen molar-refractivity contribution in [2.24, 2.45) is 0 Å². The van der Waals surface area contributed by atoms with Crippen molar-refractivity contribution in [1.29, 1.82) is 0 Å². The molecule has 74 valence electrons. The van der Waals surface area contributed by atoms with Gasteiger partial charge >= 0.3 is 58.4 Å². The van der Waals surface area contributed by atoms with Gasteiger partial charge in [-0.2, -0.15) is 0 Å². The molecule has 0 N–H and O–H groups in total. The van der Waals surface area contributed by atoms with E-state index in [1.165, 1.54) is 18.4 Å². The smallest absolute Gasteiger partial charge is 0.464 e. The summed E-state index contributed by atoms with van der Waals surface area (Å²) in [4.78, 5) is 0. The largest absolute Gasteiger partial charge is 1.00 e. The van der Waals surface area contributed by atoms with Crippen molar-refractivity contribution >= 4 is 35.0 Å². The molecule has 0 saturated carbocycles. The van der Waals surface area contributed by atoms with E-state index in [1.54, 1.807) is 0 Å². The van der Waals surface area contributed by atoms with Crippen LogP contribution in [0.5, 0.6) is 0 Å². The van der Waals surface area contributed by atoms with E-state index in [4.69, 9.17) is 16.0 Å². The number of halogens is 4. The van der Waals surface area contributed by atoms with Gasteiger partial charge in [0.15, 0.2) is 0 Å². The maximum atomic E-state index is 12.4. The summed E-state index contributed by atoms with van der Waals surface area (Å²) in [5.41, 5.74) is -0.417. The van der Waals surface area contributed by atoms with Crippen LogP contribution in [0, 0.1) is 0 Å². The molecule has 0 saturated heterocycles. The second-order valence-electron chi connectivity index (χ2n) is 2.91. The molecule has 1 aromatic heterocycles. The quantitative estimate of drug-likeness (QED) is 0.664. The Hall–Kier alpha value is 0.541. The number of furan rings is 1. The SMILES string of the molecule is F[B-](F)(F)c1cc2ccoc2cc1Cl.[K+]. The molecule has 0 atom stereocenters. The van der Waals surface area contributed by atoms with Crippen molar-refractivity contribution in [3.63, 3.8) is 0 Å². The molecule has 0 radical (unpaired) electrons. The third kappa shape index (κ3) is 2.81. The van der Waals surface area contributed by atoms with Crippen molar-refractivity contribution in [3.05, 3.63) is 29.5 Å². The molecule has 0 aliphatic heterocycles. The fourth-order valence-corrected chi connectivity index (χ4v) is 1.53. The second kappa shape index (κ2) is 4.81. The molecule has 0 bridgehead atoms. The van der Waals surface area contributed by atoms with Crippen molar-refractivity contribution in [2.75, 3.05) is 0 Å². The topological polar surface area (TPSA) is 13.1 Å². The average Bonchev–Trinajstić information content (AvgIpc) is 2.47. The van der Waals surface area contributed by atoms with Crippen molar-refractivity contribution < 1.29 is 68.7 Å². The molecule has 0 aliphatic carbocycles. The van der Waals surface area contributed by atoms with Gasteiger partial charge in [-0.05, 0) is 12.1 Å². The van der Waals surface area contributed by atoms with E-state index < -0.39 is 12.4 Å². The Bertz CT molecular complexity index is 482. The number of fused-ring (bicyclic) bond motifs is 1. The van der Waals surface area contributed by atoms with E-state index in [-0.39, 0.29) is 56.4 Å². The maximum Gasteiger partial charge on any atom is 1.00 e. The van der Waals surface area contributed by atoms with Gasteiger partial charge in [0.25, 0.3) is 0 Å². The zero-order valence-electron chi connectivity index (χ0n) is 7.81. The zero-order valence-corrected chi connectivity index (χ0v) is 11.7. The fraction of sp³-hybridized carbons (Fsp3) is 0. The first-order valence-corrected chi connectivity index (χ1v) is 4.23. The Morgan fingerprint density at radius 2 is 1.87 bits per heavy atom. The molecular formula is C8H4BClF3KO. The molecular weight excluding hydrogens is 254 g/mol. The summed E-state index contributed by atoms with van der Waals surface area (Å²) in [6.07, 6.45) is 1.33. The molecule has 1 heterocycles. The van der Waals surface area contributed by atoms with E-state index in [0.29, 0.717) is 11.0 Å². The molecule has 7 heteroatoms. The minimum Gasteiger partial charge on any atom is -0.464 e. The van der Waals surface area contributed by atoms with Gasteiger partial charge in [0, 0.05) is 10.4 Å². The first-order chi connectivity index (χ1) is 6.48. The molecule has 0 fully saturated rings. The van der Waals surface area contributed by atoms with Gasteiger partial charge in [0.1, 0.15) is 5.58 Å². The van der Waals surface area contributed by atoms with Crippen LogP contribution in [0.3, 0.4) is 0 Å². The molecule has 1 nitrogen and oxygen atoms in total. The van der Waals surface area contributed by atoms with Crippen LogP contribution < -0.4 is 56.8 Å². The van der Waals surface area contributed by atoms with E-state index in [2.05, 4.69) is 0 Å². The summed E-state index contributed by atoms with van der Waals surface area (Å²) in [6.45, 7) is -5.06. The van der Waals surface area contributed by atoms with E-state index in [1.807, 2.05) is 0 Å². The van der Waals surface area contributed by atoms with Crippen molar-refractivity contribution in [3.8, 4) is 0 Å². The second-order valence-corrected chi connectivity index (χ2v) is 3.31. The molecule has 15 heavy (non-hydrogen) atoms. The van der Waals surface area contributed by atoms with E-state index in [0.717, 1.165) is 6.07 Å². The van der Waals surface area contributed by atoms with Gasteiger partial charge in [-0.1, -0.05) is 23.1 Å². The van der Waals surface area contributed by atoms with Crippen LogP contribution in [0.2, 0.25) is 5.02 Å². The molecule has 1 aromatic carbocycles. The maximum absolute atomic E-state index is 12.4. The molecule has 2 rings (SSSR count). The van der Waals surface area contributed by atoms with E-state index in [9.17, 15) is 12.9 Å². The summed E-state index contributed by atoms with van der Waals surface area (Å²) < 4.78 is 42.2. The molecule has 0 amide bonds. The van der Waals surface area contributed by atoms with Crippen LogP contribution >= 0.6 is 11.6 Å².